The zero-order chi connectivity index (χ0) is 16.2. The first-order chi connectivity index (χ1) is 8.83. The van der Waals surface area contributed by atoms with Crippen molar-refractivity contribution >= 4 is 0 Å². The minimum Gasteiger partial charge on any atom is -0.190 e. The van der Waals surface area contributed by atoms with Gasteiger partial charge in [-0.1, -0.05) is 87.3 Å². The predicted octanol–water partition coefficient (Wildman–Crippen LogP) is 7.07. The molecule has 0 aliphatic rings. The summed E-state index contributed by atoms with van der Waals surface area (Å²) in [7, 11) is 0. The first kappa shape index (κ1) is 36.0. The van der Waals surface area contributed by atoms with Crippen LogP contribution in [0.3, 0.4) is 0 Å². The van der Waals surface area contributed by atoms with Gasteiger partial charge in [-0.3, -0.25) is 0 Å². The van der Waals surface area contributed by atoms with Crippen LogP contribution < -0.4 is 0 Å². The van der Waals surface area contributed by atoms with Crippen molar-refractivity contribution < 1.29 is 0 Å². The van der Waals surface area contributed by atoms with Crippen LogP contribution in [-0.2, 0) is 0 Å². The maximum absolute atomic E-state index is 3.60. The van der Waals surface area contributed by atoms with E-state index < -0.39 is 0 Å². The highest BCUT2D eigenvalue weighted by Crippen LogP contribution is 1.70. The molecule has 0 saturated carbocycles. The molecule has 2 heteroatoms. The molecule has 0 spiro atoms. The molecule has 18 heavy (non-hydrogen) atoms. The molecule has 0 unspecified atom stereocenters. The van der Waals surface area contributed by atoms with Gasteiger partial charge in [0.15, 0.2) is 0 Å². The number of hydrogen-bond donors (Lipinski definition) is 0. The van der Waals surface area contributed by atoms with Gasteiger partial charge < -0.3 is 0 Å². The Balaban J connectivity index is -0.0000000264. The SMILES string of the molecule is C=CC=C.C=CN=NCC.CC.CC.CC.CC. The van der Waals surface area contributed by atoms with Crippen LogP contribution in [0.15, 0.2) is 48.3 Å². The number of rotatable bonds is 3. The molecule has 0 aromatic heterocycles. The van der Waals surface area contributed by atoms with Crippen LogP contribution in [0.4, 0.5) is 0 Å². The molecule has 0 aromatic carbocycles. The molecule has 0 aromatic rings. The van der Waals surface area contributed by atoms with Crippen molar-refractivity contribution in [3.63, 3.8) is 0 Å². The summed E-state index contributed by atoms with van der Waals surface area (Å²) in [5.41, 5.74) is 0. The Kier molecular flexibility index (Phi) is 299. The second-order valence-electron chi connectivity index (χ2n) is 1.23. The van der Waals surface area contributed by atoms with E-state index in [2.05, 4.69) is 30.0 Å². The summed E-state index contributed by atoms with van der Waals surface area (Å²) in [5, 5.41) is 7.08. The van der Waals surface area contributed by atoms with Crippen molar-refractivity contribution in [3.05, 3.63) is 38.1 Å². The standard InChI is InChI=1S/C4H8N2.C4H6.4C2H6/c1-3-5-6-4-2;1-3-4-2;4*1-2/h3H,1,4H2,2H3;3-4H,1-2H2;4*1-2H3. The maximum atomic E-state index is 3.60. The van der Waals surface area contributed by atoms with Gasteiger partial charge in [0.25, 0.3) is 0 Å². The third-order valence-electron chi connectivity index (χ3n) is 0.471. The average molecular weight is 258 g/mol. The van der Waals surface area contributed by atoms with E-state index in [4.69, 9.17) is 0 Å². The molecule has 0 atom stereocenters. The van der Waals surface area contributed by atoms with Crippen LogP contribution in [0.25, 0.3) is 0 Å². The van der Waals surface area contributed by atoms with Crippen molar-refractivity contribution in [2.24, 2.45) is 10.2 Å². The highest BCUT2D eigenvalue weighted by Gasteiger charge is 1.55. The third-order valence-corrected chi connectivity index (χ3v) is 0.471. The van der Waals surface area contributed by atoms with E-state index in [1.165, 1.54) is 6.20 Å². The third kappa shape index (κ3) is 356. The Labute approximate surface area is 118 Å². The first-order valence-electron chi connectivity index (χ1n) is 7.04. The zero-order valence-electron chi connectivity index (χ0n) is 14.5. The van der Waals surface area contributed by atoms with Crippen molar-refractivity contribution in [2.75, 3.05) is 6.54 Å². The Hall–Kier alpha value is -1.18. The number of allylic oxidation sites excluding steroid dienone is 2. The minimum atomic E-state index is 0.742. The van der Waals surface area contributed by atoms with Crippen molar-refractivity contribution in [1.29, 1.82) is 0 Å². The van der Waals surface area contributed by atoms with Crippen LogP contribution in [0, 0.1) is 0 Å². The molecule has 0 rings (SSSR count). The quantitative estimate of drug-likeness (QED) is 0.382. The van der Waals surface area contributed by atoms with Gasteiger partial charge in [-0.05, 0) is 6.92 Å². The highest BCUT2D eigenvalue weighted by atomic mass is 15.1. The van der Waals surface area contributed by atoms with E-state index in [1.54, 1.807) is 12.2 Å². The van der Waals surface area contributed by atoms with Gasteiger partial charge in [-0.25, -0.2) is 0 Å². The van der Waals surface area contributed by atoms with Crippen LogP contribution >= 0.6 is 0 Å². The topological polar surface area (TPSA) is 24.7 Å². The molecule has 0 amide bonds. The second kappa shape index (κ2) is 150. The van der Waals surface area contributed by atoms with E-state index in [0.29, 0.717) is 0 Å². The van der Waals surface area contributed by atoms with E-state index in [-0.39, 0.29) is 0 Å². The predicted molar refractivity (Wildman–Crippen MR) is 91.4 cm³/mol. The summed E-state index contributed by atoms with van der Waals surface area (Å²) >= 11 is 0. The molecule has 0 N–H and O–H groups in total. The summed E-state index contributed by atoms with van der Waals surface area (Å²) in [6, 6.07) is 0. The van der Waals surface area contributed by atoms with Crippen LogP contribution in [0.2, 0.25) is 0 Å². The summed E-state index contributed by atoms with van der Waals surface area (Å²) in [6.07, 6.45) is 4.70. The van der Waals surface area contributed by atoms with Crippen molar-refractivity contribution in [2.45, 2.75) is 62.3 Å². The highest BCUT2D eigenvalue weighted by molar-refractivity contribution is 4.88. The van der Waals surface area contributed by atoms with Gasteiger partial charge in [0.05, 0.1) is 6.54 Å². The molecule has 0 aliphatic carbocycles. The molecule has 0 heterocycles. The van der Waals surface area contributed by atoms with Crippen LogP contribution in [0.1, 0.15) is 62.3 Å². The molecule has 0 fully saturated rings. The number of hydrogen-bond acceptors (Lipinski definition) is 2. The average Bonchev–Trinajstić information content (AvgIpc) is 2.53. The molecule has 0 bridgehead atoms. The molecule has 0 radical (unpaired) electrons. The lowest BCUT2D eigenvalue weighted by molar-refractivity contribution is 1.00. The summed E-state index contributed by atoms with van der Waals surface area (Å²) in [4.78, 5) is 0. The molecule has 0 saturated heterocycles. The Morgan fingerprint density at radius 1 is 0.722 bits per heavy atom. The fraction of sp³-hybridized carbons (Fsp3) is 0.625. The van der Waals surface area contributed by atoms with Gasteiger partial charge in [-0.15, -0.1) is 0 Å². The summed E-state index contributed by atoms with van der Waals surface area (Å²) < 4.78 is 0. The maximum Gasteiger partial charge on any atom is 0.0574 e. The number of nitrogens with zero attached hydrogens (tertiary/aromatic N) is 2. The van der Waals surface area contributed by atoms with Gasteiger partial charge in [-0.2, -0.15) is 10.2 Å². The summed E-state index contributed by atoms with van der Waals surface area (Å²) in [5.74, 6) is 0. The summed E-state index contributed by atoms with van der Waals surface area (Å²) in [6.45, 7) is 28.7. The Morgan fingerprint density at radius 3 is 1.06 bits per heavy atom. The number of azo groups is 1. The fourth-order valence-corrected chi connectivity index (χ4v) is 0.139. The zero-order valence-corrected chi connectivity index (χ0v) is 14.5. The van der Waals surface area contributed by atoms with Crippen LogP contribution in [0.5, 0.6) is 0 Å². The van der Waals surface area contributed by atoms with Crippen molar-refractivity contribution in [3.8, 4) is 0 Å². The van der Waals surface area contributed by atoms with Gasteiger partial charge in [0.2, 0.25) is 0 Å². The lowest BCUT2D eigenvalue weighted by Gasteiger charge is -1.68. The largest absolute Gasteiger partial charge is 0.190 e. The monoisotopic (exact) mass is 258 g/mol. The van der Waals surface area contributed by atoms with E-state index >= 15 is 0 Å². The van der Waals surface area contributed by atoms with Crippen molar-refractivity contribution in [1.82, 2.24) is 0 Å². The lowest BCUT2D eigenvalue weighted by atomic mass is 10.6. The molecule has 0 aliphatic heterocycles. The van der Waals surface area contributed by atoms with E-state index in [9.17, 15) is 0 Å². The lowest BCUT2D eigenvalue weighted by Crippen LogP contribution is -1.57. The Bertz CT molecular complexity index is 110. The van der Waals surface area contributed by atoms with Gasteiger partial charge in [0.1, 0.15) is 0 Å². The van der Waals surface area contributed by atoms with E-state index in [1.807, 2.05) is 62.3 Å². The van der Waals surface area contributed by atoms with Gasteiger partial charge in [0, 0.05) is 6.20 Å². The molecular formula is C16H38N2. The molecular weight excluding hydrogens is 220 g/mol. The second-order valence-corrected chi connectivity index (χ2v) is 1.23. The Morgan fingerprint density at radius 2 is 1.00 bits per heavy atom. The first-order valence-corrected chi connectivity index (χ1v) is 7.04. The molecule has 2 nitrogen and oxygen atoms in total. The van der Waals surface area contributed by atoms with E-state index in [0.717, 1.165) is 6.54 Å². The smallest absolute Gasteiger partial charge is 0.0574 e. The minimum absolute atomic E-state index is 0.742. The van der Waals surface area contributed by atoms with Gasteiger partial charge >= 0.3 is 0 Å². The molecule has 112 valence electrons. The fourth-order valence-electron chi connectivity index (χ4n) is 0.139. The normalized spacial score (nSPS) is 5.61. The van der Waals surface area contributed by atoms with Crippen LogP contribution in [-0.4, -0.2) is 6.54 Å².